The molecule has 1 aromatic rings. The lowest BCUT2D eigenvalue weighted by Gasteiger charge is -2.48. The molecule has 0 radical (unpaired) electrons. The van der Waals surface area contributed by atoms with Gasteiger partial charge in [-0.3, -0.25) is 24.7 Å². The molecule has 6 rings (SSSR count). The molecule has 1 unspecified atom stereocenters. The standard InChI is InChI=1S/C26H35N5O4/c32-22-4-2-20(23(33)29-22)31-14-19-18(24(31)34)1-3-21(28-19)26(35)9-11-30(12-10-26)13-17-5-7-25(8-6-17)15-27-16-25/h1,3,17,20,27,35H,2,4-16H2,(H,29,32,33). The van der Waals surface area contributed by atoms with E-state index >= 15 is 0 Å². The Morgan fingerprint density at radius 2 is 1.77 bits per heavy atom. The van der Waals surface area contributed by atoms with Crippen LogP contribution in [-0.2, 0) is 21.7 Å². The molecule has 188 valence electrons. The first-order valence-corrected chi connectivity index (χ1v) is 13.1. The van der Waals surface area contributed by atoms with Crippen LogP contribution in [0.5, 0.6) is 0 Å². The molecule has 4 fully saturated rings. The van der Waals surface area contributed by atoms with E-state index in [-0.39, 0.29) is 24.8 Å². The van der Waals surface area contributed by atoms with E-state index in [1.165, 1.54) is 43.7 Å². The second-order valence-electron chi connectivity index (χ2n) is 11.5. The van der Waals surface area contributed by atoms with Crippen LogP contribution in [0.3, 0.4) is 0 Å². The van der Waals surface area contributed by atoms with Gasteiger partial charge in [-0.2, -0.15) is 0 Å². The van der Waals surface area contributed by atoms with Crippen molar-refractivity contribution in [3.8, 4) is 0 Å². The number of hydrogen-bond acceptors (Lipinski definition) is 7. The van der Waals surface area contributed by atoms with Crippen LogP contribution in [0, 0.1) is 11.3 Å². The average molecular weight is 482 g/mol. The zero-order chi connectivity index (χ0) is 24.2. The highest BCUT2D eigenvalue weighted by Gasteiger charge is 2.43. The summed E-state index contributed by atoms with van der Waals surface area (Å²) in [6.07, 6.45) is 7.12. The van der Waals surface area contributed by atoms with Gasteiger partial charge < -0.3 is 20.2 Å². The van der Waals surface area contributed by atoms with Crippen molar-refractivity contribution in [2.45, 2.75) is 69.6 Å². The maximum Gasteiger partial charge on any atom is 0.256 e. The lowest BCUT2D eigenvalue weighted by Crippen LogP contribution is -2.55. The summed E-state index contributed by atoms with van der Waals surface area (Å²) in [4.78, 5) is 45.4. The highest BCUT2D eigenvalue weighted by Crippen LogP contribution is 2.42. The fourth-order valence-electron chi connectivity index (χ4n) is 6.73. The second kappa shape index (κ2) is 8.64. The molecule has 9 nitrogen and oxygen atoms in total. The summed E-state index contributed by atoms with van der Waals surface area (Å²) in [6, 6.07) is 2.86. The van der Waals surface area contributed by atoms with Gasteiger partial charge >= 0.3 is 0 Å². The van der Waals surface area contributed by atoms with Gasteiger partial charge in [-0.1, -0.05) is 0 Å². The summed E-state index contributed by atoms with van der Waals surface area (Å²) < 4.78 is 0. The molecule has 1 spiro atoms. The summed E-state index contributed by atoms with van der Waals surface area (Å²) >= 11 is 0. The van der Waals surface area contributed by atoms with Crippen molar-refractivity contribution in [1.82, 2.24) is 25.4 Å². The Morgan fingerprint density at radius 1 is 1.03 bits per heavy atom. The molecule has 3 saturated heterocycles. The Hall–Kier alpha value is -2.36. The zero-order valence-electron chi connectivity index (χ0n) is 20.2. The van der Waals surface area contributed by atoms with E-state index in [1.807, 2.05) is 0 Å². The van der Waals surface area contributed by atoms with Crippen molar-refractivity contribution in [1.29, 1.82) is 0 Å². The molecule has 1 aromatic heterocycles. The molecule has 3 amide bonds. The number of rotatable bonds is 4. The van der Waals surface area contributed by atoms with Gasteiger partial charge in [0.1, 0.15) is 11.6 Å². The quantitative estimate of drug-likeness (QED) is 0.548. The van der Waals surface area contributed by atoms with Gasteiger partial charge in [0.2, 0.25) is 11.8 Å². The Kier molecular flexibility index (Phi) is 5.69. The number of fused-ring (bicyclic) bond motifs is 1. The number of aliphatic hydroxyl groups is 1. The average Bonchev–Trinajstić information content (AvgIpc) is 3.16. The van der Waals surface area contributed by atoms with Crippen LogP contribution >= 0.6 is 0 Å². The summed E-state index contributed by atoms with van der Waals surface area (Å²) in [5, 5.41) is 17.2. The first-order valence-electron chi connectivity index (χ1n) is 13.1. The lowest BCUT2D eigenvalue weighted by molar-refractivity contribution is -0.136. The highest BCUT2D eigenvalue weighted by atomic mass is 16.3. The van der Waals surface area contributed by atoms with Gasteiger partial charge in [-0.05, 0) is 68.4 Å². The van der Waals surface area contributed by atoms with Gasteiger partial charge in [0.05, 0.1) is 23.5 Å². The Labute approximate surface area is 205 Å². The van der Waals surface area contributed by atoms with Crippen LogP contribution in [0.1, 0.15) is 73.1 Å². The van der Waals surface area contributed by atoms with E-state index < -0.39 is 17.6 Å². The molecule has 35 heavy (non-hydrogen) atoms. The molecule has 0 aromatic carbocycles. The van der Waals surface area contributed by atoms with E-state index in [0.29, 0.717) is 41.6 Å². The van der Waals surface area contributed by atoms with Crippen molar-refractivity contribution in [2.75, 3.05) is 32.7 Å². The Bertz CT molecular complexity index is 1040. The first kappa shape index (κ1) is 23.1. The third kappa shape index (κ3) is 4.17. The van der Waals surface area contributed by atoms with Crippen LogP contribution in [0.25, 0.3) is 0 Å². The van der Waals surface area contributed by atoms with Gasteiger partial charge in [-0.15, -0.1) is 0 Å². The summed E-state index contributed by atoms with van der Waals surface area (Å²) in [7, 11) is 0. The predicted molar refractivity (Wildman–Crippen MR) is 127 cm³/mol. The SMILES string of the molecule is O=C1CCC(N2Cc3nc(C4(O)CCN(CC5CCC6(CC5)CNC6)CC4)ccc3C2=O)C(=O)N1. The molecule has 9 heteroatoms. The molecule has 1 atom stereocenters. The minimum atomic E-state index is -0.995. The van der Waals surface area contributed by atoms with Gasteiger partial charge in [-0.25, -0.2) is 0 Å². The molecular weight excluding hydrogens is 446 g/mol. The fourth-order valence-corrected chi connectivity index (χ4v) is 6.73. The topological polar surface area (TPSA) is 115 Å². The molecule has 0 bridgehead atoms. The first-order chi connectivity index (χ1) is 16.8. The van der Waals surface area contributed by atoms with Crippen LogP contribution in [0.2, 0.25) is 0 Å². The second-order valence-corrected chi connectivity index (χ2v) is 11.5. The molecule has 1 saturated carbocycles. The maximum absolute atomic E-state index is 12.9. The molecule has 1 aliphatic carbocycles. The number of amides is 3. The molecule has 4 aliphatic heterocycles. The zero-order valence-corrected chi connectivity index (χ0v) is 20.2. The number of carbonyl (C=O) groups excluding carboxylic acids is 3. The van der Waals surface area contributed by atoms with Crippen molar-refractivity contribution in [3.05, 3.63) is 29.1 Å². The van der Waals surface area contributed by atoms with Crippen LogP contribution in [0.4, 0.5) is 0 Å². The number of hydrogen-bond donors (Lipinski definition) is 3. The maximum atomic E-state index is 12.9. The molecule has 3 N–H and O–H groups in total. The van der Waals surface area contributed by atoms with Crippen molar-refractivity contribution in [2.24, 2.45) is 11.3 Å². The number of likely N-dealkylation sites (tertiary alicyclic amines) is 1. The Balaban J connectivity index is 1.07. The van der Waals surface area contributed by atoms with Crippen LogP contribution < -0.4 is 10.6 Å². The number of pyridine rings is 1. The number of piperidine rings is 2. The van der Waals surface area contributed by atoms with Crippen molar-refractivity contribution < 1.29 is 19.5 Å². The third-order valence-corrected chi connectivity index (χ3v) is 9.21. The van der Waals surface area contributed by atoms with Crippen molar-refractivity contribution >= 4 is 17.7 Å². The number of nitrogens with one attached hydrogen (secondary N) is 2. The van der Waals surface area contributed by atoms with E-state index in [9.17, 15) is 19.5 Å². The highest BCUT2D eigenvalue weighted by molar-refractivity contribution is 6.05. The predicted octanol–water partition coefficient (Wildman–Crippen LogP) is 0.906. The molecular formula is C26H35N5O4. The van der Waals surface area contributed by atoms with Gasteiger partial charge in [0.15, 0.2) is 0 Å². The summed E-state index contributed by atoms with van der Waals surface area (Å²) in [5.74, 6) is -0.198. The largest absolute Gasteiger partial charge is 0.383 e. The number of imide groups is 1. The monoisotopic (exact) mass is 481 g/mol. The minimum Gasteiger partial charge on any atom is -0.383 e. The number of carbonyl (C=O) groups is 3. The van der Waals surface area contributed by atoms with E-state index in [0.717, 1.165) is 25.6 Å². The molecule has 5 aliphatic rings. The smallest absolute Gasteiger partial charge is 0.256 e. The third-order valence-electron chi connectivity index (χ3n) is 9.21. The molecule has 5 heterocycles. The lowest BCUT2D eigenvalue weighted by atomic mass is 9.67. The van der Waals surface area contributed by atoms with Gasteiger partial charge in [0.25, 0.3) is 5.91 Å². The minimum absolute atomic E-state index is 0.227. The van der Waals surface area contributed by atoms with Crippen LogP contribution in [-0.4, -0.2) is 76.4 Å². The fraction of sp³-hybridized carbons (Fsp3) is 0.692. The van der Waals surface area contributed by atoms with Crippen LogP contribution in [0.15, 0.2) is 12.1 Å². The number of aromatic nitrogens is 1. The van der Waals surface area contributed by atoms with E-state index in [1.54, 1.807) is 12.1 Å². The summed E-state index contributed by atoms with van der Waals surface area (Å²) in [6.45, 7) is 5.43. The number of nitrogens with zero attached hydrogens (tertiary/aromatic N) is 3. The Morgan fingerprint density at radius 3 is 2.43 bits per heavy atom. The summed E-state index contributed by atoms with van der Waals surface area (Å²) in [5.41, 5.74) is 1.30. The van der Waals surface area contributed by atoms with Gasteiger partial charge in [0, 0.05) is 39.1 Å². The van der Waals surface area contributed by atoms with Crippen molar-refractivity contribution in [3.63, 3.8) is 0 Å². The normalized spacial score (nSPS) is 28.7. The van der Waals surface area contributed by atoms with E-state index in [2.05, 4.69) is 15.5 Å². The van der Waals surface area contributed by atoms with E-state index in [4.69, 9.17) is 4.98 Å².